The second-order valence-corrected chi connectivity index (χ2v) is 15.5. The van der Waals surface area contributed by atoms with Gasteiger partial charge in [-0.3, -0.25) is 0 Å². The maximum absolute atomic E-state index is 5.37. The Hall–Kier alpha value is -7.49. The van der Waals surface area contributed by atoms with E-state index in [0.29, 0.717) is 17.5 Å². The smallest absolute Gasteiger partial charge is 0.164 e. The van der Waals surface area contributed by atoms with Crippen molar-refractivity contribution in [3.05, 3.63) is 241 Å². The van der Waals surface area contributed by atoms with Crippen LogP contribution in [0.3, 0.4) is 0 Å². The number of aromatic nitrogens is 3. The van der Waals surface area contributed by atoms with E-state index >= 15 is 0 Å². The Morgan fingerprint density at radius 2 is 0.850 bits per heavy atom. The summed E-state index contributed by atoms with van der Waals surface area (Å²) in [6, 6.07) is 66.8. The molecule has 7 aromatic carbocycles. The molecule has 1 aromatic heterocycles. The summed E-state index contributed by atoms with van der Waals surface area (Å²) in [7, 11) is 0. The van der Waals surface area contributed by atoms with Crippen molar-refractivity contribution in [1.29, 1.82) is 0 Å². The first-order valence-electron chi connectivity index (χ1n) is 20.8. The maximum Gasteiger partial charge on any atom is 0.164 e. The number of rotatable bonds is 9. The van der Waals surface area contributed by atoms with E-state index in [1.165, 1.54) is 50.1 Å². The van der Waals surface area contributed by atoms with Crippen LogP contribution in [0, 0.1) is 0 Å². The van der Waals surface area contributed by atoms with Gasteiger partial charge in [0.1, 0.15) is 0 Å². The molecule has 3 heteroatoms. The molecule has 8 aromatic rings. The van der Waals surface area contributed by atoms with Gasteiger partial charge in [0, 0.05) is 22.6 Å². The quantitative estimate of drug-likeness (QED) is 0.147. The normalized spacial score (nSPS) is 14.9. The highest BCUT2D eigenvalue weighted by Crippen LogP contribution is 2.40. The molecule has 0 saturated carbocycles. The summed E-state index contributed by atoms with van der Waals surface area (Å²) in [5, 5.41) is 0. The van der Waals surface area contributed by atoms with Crippen molar-refractivity contribution in [2.45, 2.75) is 25.2 Å². The van der Waals surface area contributed by atoms with Gasteiger partial charge in [0.2, 0.25) is 0 Å². The second-order valence-electron chi connectivity index (χ2n) is 15.5. The standard InChI is InChI=1S/C57H43N3/c1-6-16-40(17-7-1)44-26-30-46(31-27-44)51-34-49(42-20-10-3-11-21-42)36-53(38-51)56-58-55(48-24-14-5-15-25-48)59-57(60-56)54-37-50(43-22-12-4-13-23-43)35-52(39-54)47-32-28-45(29-33-47)41-18-8-2-9-19-41/h1-12,14-22,24-33,35-39,51H,13,23,34H2. The van der Waals surface area contributed by atoms with Crippen LogP contribution in [0.5, 0.6) is 0 Å². The highest BCUT2D eigenvalue weighted by atomic mass is 15.0. The lowest BCUT2D eigenvalue weighted by Crippen LogP contribution is -2.08. The fourth-order valence-electron chi connectivity index (χ4n) is 8.36. The fraction of sp³-hybridized carbons (Fsp3) is 0.0702. The second kappa shape index (κ2) is 16.8. The first-order chi connectivity index (χ1) is 29.7. The number of hydrogen-bond acceptors (Lipinski definition) is 3. The van der Waals surface area contributed by atoms with Crippen LogP contribution >= 0.6 is 0 Å². The molecule has 0 N–H and O–H groups in total. The number of benzene rings is 7. The molecule has 60 heavy (non-hydrogen) atoms. The molecule has 1 unspecified atom stereocenters. The van der Waals surface area contributed by atoms with Gasteiger partial charge in [-0.05, 0) is 105 Å². The average molecular weight is 770 g/mol. The summed E-state index contributed by atoms with van der Waals surface area (Å²) in [6.45, 7) is 0. The van der Waals surface area contributed by atoms with Crippen molar-refractivity contribution < 1.29 is 0 Å². The van der Waals surface area contributed by atoms with E-state index in [4.69, 9.17) is 15.0 Å². The molecule has 0 aliphatic heterocycles. The summed E-state index contributed by atoms with van der Waals surface area (Å²) in [5.74, 6) is 2.10. The van der Waals surface area contributed by atoms with E-state index in [-0.39, 0.29) is 5.92 Å². The molecule has 3 nitrogen and oxygen atoms in total. The maximum atomic E-state index is 5.37. The van der Waals surface area contributed by atoms with Crippen LogP contribution in [0.15, 0.2) is 218 Å². The van der Waals surface area contributed by atoms with E-state index in [9.17, 15) is 0 Å². The number of hydrogen-bond donors (Lipinski definition) is 0. The molecular formula is C57H43N3. The van der Waals surface area contributed by atoms with Crippen molar-refractivity contribution >= 4 is 16.7 Å². The zero-order chi connectivity index (χ0) is 40.1. The number of nitrogens with zero attached hydrogens (tertiary/aromatic N) is 3. The van der Waals surface area contributed by atoms with Crippen molar-refractivity contribution in [3.63, 3.8) is 0 Å². The Labute approximate surface area is 352 Å². The molecular weight excluding hydrogens is 727 g/mol. The minimum Gasteiger partial charge on any atom is -0.208 e. The Kier molecular flexibility index (Phi) is 10.3. The van der Waals surface area contributed by atoms with Gasteiger partial charge in [-0.25, -0.2) is 15.0 Å². The predicted octanol–water partition coefficient (Wildman–Crippen LogP) is 14.6. The van der Waals surface area contributed by atoms with Gasteiger partial charge in [-0.2, -0.15) is 0 Å². The summed E-state index contributed by atoms with van der Waals surface area (Å²) >= 11 is 0. The zero-order valence-corrected chi connectivity index (χ0v) is 33.3. The molecule has 0 saturated heterocycles. The van der Waals surface area contributed by atoms with Crippen molar-refractivity contribution in [3.8, 4) is 56.2 Å². The van der Waals surface area contributed by atoms with Crippen LogP contribution in [0.25, 0.3) is 72.9 Å². The molecule has 1 atom stereocenters. The van der Waals surface area contributed by atoms with Crippen molar-refractivity contribution in [2.75, 3.05) is 0 Å². The third kappa shape index (κ3) is 7.99. The van der Waals surface area contributed by atoms with Crippen LogP contribution < -0.4 is 0 Å². The molecule has 2 aliphatic rings. The highest BCUT2D eigenvalue weighted by molar-refractivity contribution is 5.87. The SMILES string of the molecule is C1=CCCC(c2cc(-c3ccc(-c4ccccc4)cc3)cc(-c3nc(C4=CC(c5ccc(-c6ccccc6)cc5)CC(c5ccccc5)=C4)nc(-c4ccccc4)n3)c2)=C1. The molecule has 0 spiro atoms. The van der Waals surface area contributed by atoms with E-state index in [1.54, 1.807) is 0 Å². The largest absolute Gasteiger partial charge is 0.208 e. The monoisotopic (exact) mass is 769 g/mol. The van der Waals surface area contributed by atoms with Crippen LogP contribution in [0.1, 0.15) is 47.7 Å². The van der Waals surface area contributed by atoms with Crippen LogP contribution in [0.2, 0.25) is 0 Å². The van der Waals surface area contributed by atoms with E-state index in [1.807, 2.05) is 18.2 Å². The lowest BCUT2D eigenvalue weighted by atomic mass is 9.82. The van der Waals surface area contributed by atoms with Gasteiger partial charge in [0.25, 0.3) is 0 Å². The summed E-state index contributed by atoms with van der Waals surface area (Å²) in [5.41, 5.74) is 16.2. The predicted molar refractivity (Wildman–Crippen MR) is 250 cm³/mol. The van der Waals surface area contributed by atoms with E-state index < -0.39 is 0 Å². The lowest BCUT2D eigenvalue weighted by Gasteiger charge is -2.23. The molecule has 0 bridgehead atoms. The van der Waals surface area contributed by atoms with Gasteiger partial charge in [-0.15, -0.1) is 0 Å². The molecule has 2 aliphatic carbocycles. The number of allylic oxidation sites excluding steroid dienone is 8. The minimum atomic E-state index is 0.130. The minimum absolute atomic E-state index is 0.130. The van der Waals surface area contributed by atoms with Crippen LogP contribution in [0.4, 0.5) is 0 Å². The molecule has 0 radical (unpaired) electrons. The highest BCUT2D eigenvalue weighted by Gasteiger charge is 2.23. The summed E-state index contributed by atoms with van der Waals surface area (Å²) in [6.07, 6.45) is 14.2. The van der Waals surface area contributed by atoms with Gasteiger partial charge in [0.15, 0.2) is 17.5 Å². The topological polar surface area (TPSA) is 38.7 Å². The Balaban J connectivity index is 1.11. The lowest BCUT2D eigenvalue weighted by molar-refractivity contribution is 0.867. The average Bonchev–Trinajstić information content (AvgIpc) is 3.35. The fourth-order valence-corrected chi connectivity index (χ4v) is 8.36. The molecule has 0 fully saturated rings. The zero-order valence-electron chi connectivity index (χ0n) is 33.3. The Morgan fingerprint density at radius 1 is 0.383 bits per heavy atom. The molecule has 286 valence electrons. The van der Waals surface area contributed by atoms with Gasteiger partial charge < -0.3 is 0 Å². The van der Waals surface area contributed by atoms with E-state index in [0.717, 1.165) is 47.1 Å². The van der Waals surface area contributed by atoms with Gasteiger partial charge in [-0.1, -0.05) is 194 Å². The first-order valence-corrected chi connectivity index (χ1v) is 20.8. The summed E-state index contributed by atoms with van der Waals surface area (Å²) in [4.78, 5) is 15.8. The Morgan fingerprint density at radius 3 is 1.43 bits per heavy atom. The molecule has 0 amide bonds. The Bertz CT molecular complexity index is 2890. The van der Waals surface area contributed by atoms with Crippen LogP contribution in [-0.4, -0.2) is 15.0 Å². The van der Waals surface area contributed by atoms with Crippen LogP contribution in [-0.2, 0) is 0 Å². The van der Waals surface area contributed by atoms with E-state index in [2.05, 4.69) is 200 Å². The molecule has 1 heterocycles. The third-order valence-electron chi connectivity index (χ3n) is 11.6. The first kappa shape index (κ1) is 36.8. The molecule has 10 rings (SSSR count). The summed E-state index contributed by atoms with van der Waals surface area (Å²) < 4.78 is 0. The van der Waals surface area contributed by atoms with Gasteiger partial charge in [0.05, 0.1) is 0 Å². The van der Waals surface area contributed by atoms with Crippen molar-refractivity contribution in [2.24, 2.45) is 0 Å². The van der Waals surface area contributed by atoms with Crippen molar-refractivity contribution in [1.82, 2.24) is 15.0 Å². The van der Waals surface area contributed by atoms with Gasteiger partial charge >= 0.3 is 0 Å². The third-order valence-corrected chi connectivity index (χ3v) is 11.6.